The first kappa shape index (κ1) is 14.2. The van der Waals surface area contributed by atoms with Crippen molar-refractivity contribution < 1.29 is 9.53 Å². The average molecular weight is 299 g/mol. The van der Waals surface area contributed by atoms with Gasteiger partial charge in [0.2, 0.25) is 0 Å². The lowest BCUT2D eigenvalue weighted by molar-refractivity contribution is 0.101. The molecule has 0 radical (unpaired) electrons. The van der Waals surface area contributed by atoms with E-state index in [-0.39, 0.29) is 5.78 Å². The molecule has 0 aliphatic rings. The summed E-state index contributed by atoms with van der Waals surface area (Å²) in [5.74, 6) is 1.46. The molecule has 0 spiro atoms. The van der Waals surface area contributed by atoms with Gasteiger partial charge in [-0.05, 0) is 37.6 Å². The summed E-state index contributed by atoms with van der Waals surface area (Å²) in [5, 5.41) is 0.965. The second-order valence-electron chi connectivity index (χ2n) is 4.20. The van der Waals surface area contributed by atoms with Gasteiger partial charge in [0, 0.05) is 16.8 Å². The number of rotatable bonds is 7. The lowest BCUT2D eigenvalue weighted by Crippen LogP contribution is -2.13. The summed E-state index contributed by atoms with van der Waals surface area (Å²) in [6, 6.07) is 7.32. The molecule has 1 aromatic carbocycles. The van der Waals surface area contributed by atoms with Gasteiger partial charge in [0.25, 0.3) is 0 Å². The van der Waals surface area contributed by atoms with Gasteiger partial charge in [0.05, 0.1) is 6.61 Å². The van der Waals surface area contributed by atoms with E-state index in [4.69, 9.17) is 4.74 Å². The van der Waals surface area contributed by atoms with Gasteiger partial charge in [-0.3, -0.25) is 4.79 Å². The minimum absolute atomic E-state index is 0.0841. The van der Waals surface area contributed by atoms with E-state index in [1.165, 1.54) is 6.42 Å². The van der Waals surface area contributed by atoms with Crippen molar-refractivity contribution in [3.63, 3.8) is 0 Å². The van der Waals surface area contributed by atoms with E-state index in [0.717, 1.165) is 29.7 Å². The van der Waals surface area contributed by atoms with Gasteiger partial charge in [-0.15, -0.1) is 0 Å². The third-order valence-corrected chi connectivity index (χ3v) is 3.58. The van der Waals surface area contributed by atoms with Crippen LogP contribution >= 0.6 is 15.9 Å². The Kier molecular flexibility index (Phi) is 6.27. The van der Waals surface area contributed by atoms with Gasteiger partial charge in [-0.1, -0.05) is 29.3 Å². The smallest absolute Gasteiger partial charge is 0.159 e. The Balaban J connectivity index is 2.48. The summed E-state index contributed by atoms with van der Waals surface area (Å²) in [7, 11) is 0. The summed E-state index contributed by atoms with van der Waals surface area (Å²) < 4.78 is 5.71. The van der Waals surface area contributed by atoms with Gasteiger partial charge >= 0.3 is 0 Å². The molecule has 2 nitrogen and oxygen atoms in total. The van der Waals surface area contributed by atoms with Crippen molar-refractivity contribution in [3.8, 4) is 5.75 Å². The lowest BCUT2D eigenvalue weighted by Gasteiger charge is -2.14. The molecule has 3 heteroatoms. The Morgan fingerprint density at radius 3 is 2.47 bits per heavy atom. The predicted octanol–water partition coefficient (Wildman–Crippen LogP) is 4.08. The Hall–Kier alpha value is -0.830. The molecule has 1 unspecified atom stereocenters. The van der Waals surface area contributed by atoms with Crippen LogP contribution in [-0.4, -0.2) is 17.7 Å². The van der Waals surface area contributed by atoms with Crippen LogP contribution in [0.15, 0.2) is 24.3 Å². The van der Waals surface area contributed by atoms with Crippen molar-refractivity contribution in [1.29, 1.82) is 0 Å². The molecule has 0 saturated heterocycles. The maximum Gasteiger partial charge on any atom is 0.159 e. The van der Waals surface area contributed by atoms with Crippen LogP contribution in [0.1, 0.15) is 37.0 Å². The SMILES string of the molecule is CCCC(CBr)COc1ccc(C(C)=O)cc1. The van der Waals surface area contributed by atoms with Crippen LogP contribution in [0.5, 0.6) is 5.75 Å². The van der Waals surface area contributed by atoms with Gasteiger partial charge in [-0.25, -0.2) is 0 Å². The molecule has 1 rings (SSSR count). The van der Waals surface area contributed by atoms with Gasteiger partial charge in [0.1, 0.15) is 5.75 Å². The van der Waals surface area contributed by atoms with E-state index >= 15 is 0 Å². The number of hydrogen-bond acceptors (Lipinski definition) is 2. The van der Waals surface area contributed by atoms with Crippen molar-refractivity contribution in [1.82, 2.24) is 0 Å². The lowest BCUT2D eigenvalue weighted by atomic mass is 10.1. The van der Waals surface area contributed by atoms with E-state index in [1.807, 2.05) is 12.1 Å². The fraction of sp³-hybridized carbons (Fsp3) is 0.500. The third-order valence-electron chi connectivity index (χ3n) is 2.66. The fourth-order valence-electron chi connectivity index (χ4n) is 1.61. The Bertz CT molecular complexity index is 346. The molecule has 0 aromatic heterocycles. The predicted molar refractivity (Wildman–Crippen MR) is 74.1 cm³/mol. The molecule has 0 bridgehead atoms. The number of ether oxygens (including phenoxy) is 1. The molecule has 0 aliphatic heterocycles. The Morgan fingerprint density at radius 1 is 1.35 bits per heavy atom. The highest BCUT2D eigenvalue weighted by atomic mass is 79.9. The molecule has 0 heterocycles. The molecule has 17 heavy (non-hydrogen) atoms. The van der Waals surface area contributed by atoms with E-state index in [0.29, 0.717) is 5.92 Å². The molecule has 0 fully saturated rings. The molecule has 0 aliphatic carbocycles. The van der Waals surface area contributed by atoms with Crippen molar-refractivity contribution in [3.05, 3.63) is 29.8 Å². The molecular formula is C14H19BrO2. The normalized spacial score (nSPS) is 12.2. The van der Waals surface area contributed by atoms with Crippen LogP contribution < -0.4 is 4.74 Å². The van der Waals surface area contributed by atoms with Crippen LogP contribution in [0.25, 0.3) is 0 Å². The van der Waals surface area contributed by atoms with E-state index < -0.39 is 0 Å². The minimum atomic E-state index is 0.0841. The highest BCUT2D eigenvalue weighted by Gasteiger charge is 2.07. The van der Waals surface area contributed by atoms with E-state index in [2.05, 4.69) is 22.9 Å². The first-order valence-electron chi connectivity index (χ1n) is 5.97. The van der Waals surface area contributed by atoms with Crippen LogP contribution in [-0.2, 0) is 0 Å². The summed E-state index contributed by atoms with van der Waals surface area (Å²) in [4.78, 5) is 11.1. The van der Waals surface area contributed by atoms with Crippen molar-refractivity contribution in [2.45, 2.75) is 26.7 Å². The van der Waals surface area contributed by atoms with Gasteiger partial charge in [0.15, 0.2) is 5.78 Å². The van der Waals surface area contributed by atoms with Crippen LogP contribution in [0, 0.1) is 5.92 Å². The summed E-state index contributed by atoms with van der Waals surface area (Å²) in [6.45, 7) is 4.47. The quantitative estimate of drug-likeness (QED) is 0.560. The molecule has 1 atom stereocenters. The molecule has 0 amide bonds. The van der Waals surface area contributed by atoms with Crippen LogP contribution in [0.4, 0.5) is 0 Å². The standard InChI is InChI=1S/C14H19BrO2/c1-3-4-12(9-15)10-17-14-7-5-13(6-8-14)11(2)16/h5-8,12H,3-4,9-10H2,1-2H3. The maximum absolute atomic E-state index is 11.1. The Morgan fingerprint density at radius 2 is 2.00 bits per heavy atom. The van der Waals surface area contributed by atoms with Crippen molar-refractivity contribution in [2.75, 3.05) is 11.9 Å². The highest BCUT2D eigenvalue weighted by molar-refractivity contribution is 9.09. The van der Waals surface area contributed by atoms with E-state index in [1.54, 1.807) is 19.1 Å². The number of alkyl halides is 1. The average Bonchev–Trinajstić information content (AvgIpc) is 2.35. The molecule has 0 saturated carbocycles. The second-order valence-corrected chi connectivity index (χ2v) is 4.85. The largest absolute Gasteiger partial charge is 0.493 e. The maximum atomic E-state index is 11.1. The van der Waals surface area contributed by atoms with Crippen LogP contribution in [0.3, 0.4) is 0 Å². The second kappa shape index (κ2) is 7.49. The summed E-state index contributed by atoms with van der Waals surface area (Å²) in [5.41, 5.74) is 0.725. The highest BCUT2D eigenvalue weighted by Crippen LogP contribution is 2.16. The van der Waals surface area contributed by atoms with Crippen LogP contribution in [0.2, 0.25) is 0 Å². The number of benzene rings is 1. The Labute approximate surface area is 111 Å². The van der Waals surface area contributed by atoms with E-state index in [9.17, 15) is 4.79 Å². The third kappa shape index (κ3) is 4.90. The number of hydrogen-bond donors (Lipinski definition) is 0. The number of carbonyl (C=O) groups is 1. The van der Waals surface area contributed by atoms with Crippen molar-refractivity contribution >= 4 is 21.7 Å². The minimum Gasteiger partial charge on any atom is -0.493 e. The first-order chi connectivity index (χ1) is 8.17. The van der Waals surface area contributed by atoms with Crippen molar-refractivity contribution in [2.24, 2.45) is 5.92 Å². The molecule has 94 valence electrons. The van der Waals surface area contributed by atoms with Gasteiger partial charge in [-0.2, -0.15) is 0 Å². The number of carbonyl (C=O) groups excluding carboxylic acids is 1. The molecule has 0 N–H and O–H groups in total. The molecule has 1 aromatic rings. The fourth-order valence-corrected chi connectivity index (χ4v) is 2.12. The summed E-state index contributed by atoms with van der Waals surface area (Å²) >= 11 is 3.50. The number of Topliss-reactive ketones (excluding diaryl/α,β-unsaturated/α-hetero) is 1. The van der Waals surface area contributed by atoms with Gasteiger partial charge < -0.3 is 4.74 Å². The number of ketones is 1. The number of halogens is 1. The first-order valence-corrected chi connectivity index (χ1v) is 7.09. The molecular weight excluding hydrogens is 280 g/mol. The topological polar surface area (TPSA) is 26.3 Å². The monoisotopic (exact) mass is 298 g/mol. The zero-order chi connectivity index (χ0) is 12.7. The summed E-state index contributed by atoms with van der Waals surface area (Å²) in [6.07, 6.45) is 2.33. The zero-order valence-corrected chi connectivity index (χ0v) is 12.0. The zero-order valence-electron chi connectivity index (χ0n) is 10.4.